The Morgan fingerprint density at radius 2 is 2.10 bits per heavy atom. The molecular formula is C19H29NO. The summed E-state index contributed by atoms with van der Waals surface area (Å²) in [6.07, 6.45) is 4.07. The molecule has 116 valence electrons. The van der Waals surface area contributed by atoms with Crippen molar-refractivity contribution in [1.29, 1.82) is 0 Å². The molecule has 2 heterocycles. The number of hydrogen-bond acceptors (Lipinski definition) is 2. The average molecular weight is 287 g/mol. The summed E-state index contributed by atoms with van der Waals surface area (Å²) in [5, 5.41) is 11.2. The maximum absolute atomic E-state index is 11.2. The molecule has 21 heavy (non-hydrogen) atoms. The summed E-state index contributed by atoms with van der Waals surface area (Å²) in [5.41, 5.74) is 2.45. The fourth-order valence-electron chi connectivity index (χ4n) is 4.41. The maximum Gasteiger partial charge on any atom is 0.0703 e. The minimum absolute atomic E-state index is 0.420. The molecule has 0 aliphatic carbocycles. The number of rotatable bonds is 3. The highest BCUT2D eigenvalue weighted by molar-refractivity contribution is 5.33. The second kappa shape index (κ2) is 5.73. The standard InChI is InChI=1S/C19H29NO/c1-4-19(21)12-18-17-8-6-5-7-15(17)9-10-20(18)13-16(19)11-14(2)3/h5-8,14,16,18,21H,4,9-13H2,1-3H3/t16-,18+,19+/m0/s1. The van der Waals surface area contributed by atoms with Gasteiger partial charge in [0.2, 0.25) is 0 Å². The first kappa shape index (κ1) is 15.1. The van der Waals surface area contributed by atoms with E-state index in [1.54, 1.807) is 0 Å². The number of piperidine rings is 1. The van der Waals surface area contributed by atoms with Gasteiger partial charge in [0.05, 0.1) is 5.60 Å². The van der Waals surface area contributed by atoms with Gasteiger partial charge in [-0.3, -0.25) is 4.90 Å². The SMILES string of the molecule is CC[C@@]1(O)C[C@@H]2c3ccccc3CCN2C[C@@H]1CC(C)C. The molecule has 2 aliphatic rings. The molecule has 0 aromatic heterocycles. The predicted octanol–water partition coefficient (Wildman–Crippen LogP) is 3.79. The molecule has 3 atom stereocenters. The third-order valence-corrected chi connectivity index (χ3v) is 5.65. The van der Waals surface area contributed by atoms with Crippen LogP contribution >= 0.6 is 0 Å². The molecule has 2 nitrogen and oxygen atoms in total. The number of hydrogen-bond donors (Lipinski definition) is 1. The van der Waals surface area contributed by atoms with Gasteiger partial charge in [-0.1, -0.05) is 45.0 Å². The fraction of sp³-hybridized carbons (Fsp3) is 0.684. The first-order valence-corrected chi connectivity index (χ1v) is 8.57. The largest absolute Gasteiger partial charge is 0.389 e. The molecule has 2 heteroatoms. The van der Waals surface area contributed by atoms with E-state index >= 15 is 0 Å². The monoisotopic (exact) mass is 287 g/mol. The van der Waals surface area contributed by atoms with Crippen LogP contribution in [-0.2, 0) is 6.42 Å². The molecule has 1 saturated heterocycles. The smallest absolute Gasteiger partial charge is 0.0703 e. The van der Waals surface area contributed by atoms with E-state index in [1.807, 2.05) is 0 Å². The Kier molecular flexibility index (Phi) is 4.11. The summed E-state index contributed by atoms with van der Waals surface area (Å²) < 4.78 is 0. The topological polar surface area (TPSA) is 23.5 Å². The average Bonchev–Trinajstić information content (AvgIpc) is 2.48. The molecule has 0 bridgehead atoms. The number of nitrogens with zero attached hydrogens (tertiary/aromatic N) is 1. The molecule has 1 aromatic carbocycles. The van der Waals surface area contributed by atoms with E-state index in [-0.39, 0.29) is 0 Å². The van der Waals surface area contributed by atoms with Gasteiger partial charge in [-0.05, 0) is 42.7 Å². The normalized spacial score (nSPS) is 32.8. The van der Waals surface area contributed by atoms with Gasteiger partial charge in [0.1, 0.15) is 0 Å². The molecule has 1 N–H and O–H groups in total. The van der Waals surface area contributed by atoms with Crippen LogP contribution in [0.1, 0.15) is 57.2 Å². The van der Waals surface area contributed by atoms with Crippen LogP contribution in [-0.4, -0.2) is 28.7 Å². The van der Waals surface area contributed by atoms with Gasteiger partial charge in [-0.15, -0.1) is 0 Å². The van der Waals surface area contributed by atoms with Crippen molar-refractivity contribution in [2.24, 2.45) is 11.8 Å². The quantitative estimate of drug-likeness (QED) is 0.914. The van der Waals surface area contributed by atoms with Crippen LogP contribution in [0, 0.1) is 11.8 Å². The second-order valence-electron chi connectivity index (χ2n) is 7.45. The molecule has 2 aliphatic heterocycles. The van der Waals surface area contributed by atoms with Gasteiger partial charge in [0, 0.05) is 25.0 Å². The highest BCUT2D eigenvalue weighted by atomic mass is 16.3. The minimum Gasteiger partial charge on any atom is -0.389 e. The number of aliphatic hydroxyl groups is 1. The van der Waals surface area contributed by atoms with Gasteiger partial charge in [0.25, 0.3) is 0 Å². The van der Waals surface area contributed by atoms with Gasteiger partial charge in [-0.2, -0.15) is 0 Å². The Morgan fingerprint density at radius 1 is 1.33 bits per heavy atom. The summed E-state index contributed by atoms with van der Waals surface area (Å²) in [4.78, 5) is 2.62. The van der Waals surface area contributed by atoms with Crippen molar-refractivity contribution in [3.63, 3.8) is 0 Å². The van der Waals surface area contributed by atoms with E-state index in [0.29, 0.717) is 17.9 Å². The number of fused-ring (bicyclic) bond motifs is 3. The summed E-state index contributed by atoms with van der Waals surface area (Å²) in [6.45, 7) is 8.90. The minimum atomic E-state index is -0.490. The van der Waals surface area contributed by atoms with E-state index in [9.17, 15) is 5.11 Å². The molecule has 0 amide bonds. The predicted molar refractivity (Wildman–Crippen MR) is 87.3 cm³/mol. The Hall–Kier alpha value is -0.860. The number of benzene rings is 1. The summed E-state index contributed by atoms with van der Waals surface area (Å²) >= 11 is 0. The highest BCUT2D eigenvalue weighted by Crippen LogP contribution is 2.45. The molecular weight excluding hydrogens is 258 g/mol. The third kappa shape index (κ3) is 2.76. The zero-order chi connectivity index (χ0) is 15.0. The Labute approximate surface area is 129 Å². The van der Waals surface area contributed by atoms with Crippen LogP contribution < -0.4 is 0 Å². The van der Waals surface area contributed by atoms with E-state index in [1.165, 1.54) is 11.1 Å². The van der Waals surface area contributed by atoms with Crippen molar-refractivity contribution in [2.45, 2.75) is 58.1 Å². The van der Waals surface area contributed by atoms with Gasteiger partial charge >= 0.3 is 0 Å². The van der Waals surface area contributed by atoms with E-state index < -0.39 is 5.60 Å². The van der Waals surface area contributed by atoms with Gasteiger partial charge in [0.15, 0.2) is 0 Å². The second-order valence-corrected chi connectivity index (χ2v) is 7.45. The summed E-state index contributed by atoms with van der Waals surface area (Å²) in [5.74, 6) is 1.07. The molecule has 1 aromatic rings. The first-order valence-electron chi connectivity index (χ1n) is 8.57. The Balaban J connectivity index is 1.89. The molecule has 3 rings (SSSR count). The first-order chi connectivity index (χ1) is 10.0. The van der Waals surface area contributed by atoms with E-state index in [0.717, 1.165) is 38.8 Å². The zero-order valence-corrected chi connectivity index (χ0v) is 13.7. The molecule has 0 saturated carbocycles. The Morgan fingerprint density at radius 3 is 2.81 bits per heavy atom. The lowest BCUT2D eigenvalue weighted by Crippen LogP contribution is -2.54. The van der Waals surface area contributed by atoms with Crippen molar-refractivity contribution < 1.29 is 5.11 Å². The summed E-state index contributed by atoms with van der Waals surface area (Å²) in [6, 6.07) is 9.24. The van der Waals surface area contributed by atoms with Gasteiger partial charge < -0.3 is 5.11 Å². The van der Waals surface area contributed by atoms with Crippen LogP contribution in [0.25, 0.3) is 0 Å². The third-order valence-electron chi connectivity index (χ3n) is 5.65. The molecule has 0 radical (unpaired) electrons. The molecule has 1 fully saturated rings. The Bertz CT molecular complexity index is 498. The van der Waals surface area contributed by atoms with Crippen LogP contribution in [0.5, 0.6) is 0 Å². The van der Waals surface area contributed by atoms with Crippen molar-refractivity contribution >= 4 is 0 Å². The lowest BCUT2D eigenvalue weighted by atomic mass is 9.70. The lowest BCUT2D eigenvalue weighted by molar-refractivity contribution is -0.105. The fourth-order valence-corrected chi connectivity index (χ4v) is 4.41. The van der Waals surface area contributed by atoms with Gasteiger partial charge in [-0.25, -0.2) is 0 Å². The highest BCUT2D eigenvalue weighted by Gasteiger charge is 2.46. The van der Waals surface area contributed by atoms with Crippen LogP contribution in [0.4, 0.5) is 0 Å². The summed E-state index contributed by atoms with van der Waals surface area (Å²) in [7, 11) is 0. The van der Waals surface area contributed by atoms with Crippen LogP contribution in [0.2, 0.25) is 0 Å². The van der Waals surface area contributed by atoms with E-state index in [2.05, 4.69) is 49.9 Å². The molecule has 0 unspecified atom stereocenters. The van der Waals surface area contributed by atoms with Crippen LogP contribution in [0.3, 0.4) is 0 Å². The van der Waals surface area contributed by atoms with E-state index in [4.69, 9.17) is 0 Å². The van der Waals surface area contributed by atoms with Crippen molar-refractivity contribution in [3.05, 3.63) is 35.4 Å². The zero-order valence-electron chi connectivity index (χ0n) is 13.7. The lowest BCUT2D eigenvalue weighted by Gasteiger charge is -2.51. The molecule has 0 spiro atoms. The van der Waals surface area contributed by atoms with Crippen molar-refractivity contribution in [2.75, 3.05) is 13.1 Å². The maximum atomic E-state index is 11.2. The van der Waals surface area contributed by atoms with Crippen LogP contribution in [0.15, 0.2) is 24.3 Å². The van der Waals surface area contributed by atoms with Crippen molar-refractivity contribution in [1.82, 2.24) is 4.90 Å². The van der Waals surface area contributed by atoms with Crippen molar-refractivity contribution in [3.8, 4) is 0 Å².